The predicted octanol–water partition coefficient (Wildman–Crippen LogP) is 0.989. The summed E-state index contributed by atoms with van der Waals surface area (Å²) in [6, 6.07) is 0. The van der Waals surface area contributed by atoms with E-state index in [2.05, 4.69) is 16.9 Å². The number of hydrogen-bond donors (Lipinski definition) is 1. The molecule has 0 saturated heterocycles. The number of nitrogens with zero attached hydrogens (tertiary/aromatic N) is 3. The van der Waals surface area contributed by atoms with Gasteiger partial charge < -0.3 is 5.11 Å². The molecule has 0 aliphatic rings. The van der Waals surface area contributed by atoms with Crippen molar-refractivity contribution in [3.8, 4) is 0 Å². The lowest BCUT2D eigenvalue weighted by molar-refractivity contribution is 0.0404. The first-order valence-electron chi connectivity index (χ1n) is 4.26. The van der Waals surface area contributed by atoms with Crippen LogP contribution in [-0.4, -0.2) is 20.1 Å². The molecule has 0 saturated carbocycles. The van der Waals surface area contributed by atoms with E-state index in [1.165, 1.54) is 0 Å². The number of aromatic nitrogens is 3. The first-order chi connectivity index (χ1) is 6.08. The summed E-state index contributed by atoms with van der Waals surface area (Å²) in [6.07, 6.45) is 4.79. The Bertz CT molecular complexity index is 291. The Kier molecular flexibility index (Phi) is 2.83. The standard InChI is InChI=1S/C9H15N3O/c1-4-5-6-9(2,13)8-7-10-11-12(8)3/h4,7,13H,1,5-6H2,2-3H3. The quantitative estimate of drug-likeness (QED) is 0.705. The van der Waals surface area contributed by atoms with Crippen molar-refractivity contribution >= 4 is 0 Å². The highest BCUT2D eigenvalue weighted by molar-refractivity contribution is 5.06. The Labute approximate surface area is 77.9 Å². The van der Waals surface area contributed by atoms with Crippen LogP contribution >= 0.6 is 0 Å². The fourth-order valence-electron chi connectivity index (χ4n) is 1.29. The van der Waals surface area contributed by atoms with Crippen molar-refractivity contribution in [1.82, 2.24) is 15.0 Å². The molecule has 0 radical (unpaired) electrons. The van der Waals surface area contributed by atoms with Gasteiger partial charge in [-0.05, 0) is 19.8 Å². The summed E-state index contributed by atoms with van der Waals surface area (Å²) in [4.78, 5) is 0. The third-order valence-electron chi connectivity index (χ3n) is 2.10. The molecule has 0 aliphatic carbocycles. The number of aryl methyl sites for hydroxylation is 1. The van der Waals surface area contributed by atoms with Crippen LogP contribution in [0.2, 0.25) is 0 Å². The molecule has 1 aromatic rings. The molecule has 0 aromatic carbocycles. The molecule has 4 heteroatoms. The van der Waals surface area contributed by atoms with Gasteiger partial charge in [-0.3, -0.25) is 0 Å². The van der Waals surface area contributed by atoms with Crippen molar-refractivity contribution in [2.24, 2.45) is 7.05 Å². The van der Waals surface area contributed by atoms with Gasteiger partial charge in [0.15, 0.2) is 0 Å². The van der Waals surface area contributed by atoms with Crippen molar-refractivity contribution in [3.63, 3.8) is 0 Å². The van der Waals surface area contributed by atoms with Crippen LogP contribution in [0.1, 0.15) is 25.5 Å². The van der Waals surface area contributed by atoms with Crippen LogP contribution in [0.4, 0.5) is 0 Å². The summed E-state index contributed by atoms with van der Waals surface area (Å²) in [7, 11) is 1.77. The predicted molar refractivity (Wildman–Crippen MR) is 50.0 cm³/mol. The third kappa shape index (κ3) is 2.15. The van der Waals surface area contributed by atoms with E-state index in [-0.39, 0.29) is 0 Å². The maximum atomic E-state index is 10.0. The van der Waals surface area contributed by atoms with E-state index in [0.717, 1.165) is 12.1 Å². The van der Waals surface area contributed by atoms with Crippen LogP contribution in [0.3, 0.4) is 0 Å². The lowest BCUT2D eigenvalue weighted by Gasteiger charge is -2.21. The van der Waals surface area contributed by atoms with E-state index < -0.39 is 5.60 Å². The molecular formula is C9H15N3O. The molecule has 1 aromatic heterocycles. The minimum absolute atomic E-state index is 0.637. The average molecular weight is 181 g/mol. The van der Waals surface area contributed by atoms with E-state index in [4.69, 9.17) is 0 Å². The average Bonchev–Trinajstić information content (AvgIpc) is 2.48. The van der Waals surface area contributed by atoms with Gasteiger partial charge in [0.05, 0.1) is 11.9 Å². The van der Waals surface area contributed by atoms with Gasteiger partial charge in [-0.25, -0.2) is 4.68 Å². The van der Waals surface area contributed by atoms with Gasteiger partial charge in [0, 0.05) is 7.05 Å². The Morgan fingerprint density at radius 3 is 2.92 bits per heavy atom. The minimum Gasteiger partial charge on any atom is -0.384 e. The molecule has 0 fully saturated rings. The number of rotatable bonds is 4. The molecule has 4 nitrogen and oxygen atoms in total. The van der Waals surface area contributed by atoms with Gasteiger partial charge in [-0.1, -0.05) is 11.3 Å². The molecule has 0 aliphatic heterocycles. The van der Waals surface area contributed by atoms with Gasteiger partial charge >= 0.3 is 0 Å². The molecule has 0 bridgehead atoms. The first kappa shape index (κ1) is 9.92. The summed E-state index contributed by atoms with van der Waals surface area (Å²) in [5.74, 6) is 0. The number of allylic oxidation sites excluding steroid dienone is 1. The lowest BCUT2D eigenvalue weighted by Crippen LogP contribution is -2.24. The zero-order valence-electron chi connectivity index (χ0n) is 8.06. The Morgan fingerprint density at radius 2 is 2.46 bits per heavy atom. The van der Waals surface area contributed by atoms with Crippen molar-refractivity contribution in [1.29, 1.82) is 0 Å². The van der Waals surface area contributed by atoms with Gasteiger partial charge in [0.1, 0.15) is 5.60 Å². The highest BCUT2D eigenvalue weighted by atomic mass is 16.3. The van der Waals surface area contributed by atoms with Gasteiger partial charge in [0.25, 0.3) is 0 Å². The van der Waals surface area contributed by atoms with E-state index >= 15 is 0 Å². The molecule has 1 rings (SSSR count). The Balaban J connectivity index is 2.80. The topological polar surface area (TPSA) is 50.9 Å². The molecule has 13 heavy (non-hydrogen) atoms. The highest BCUT2D eigenvalue weighted by Gasteiger charge is 2.25. The second-order valence-electron chi connectivity index (χ2n) is 3.34. The second kappa shape index (κ2) is 3.70. The van der Waals surface area contributed by atoms with Crippen LogP contribution in [0, 0.1) is 0 Å². The number of aliphatic hydroxyl groups is 1. The van der Waals surface area contributed by atoms with Crippen LogP contribution in [-0.2, 0) is 12.6 Å². The van der Waals surface area contributed by atoms with Gasteiger partial charge in [-0.2, -0.15) is 0 Å². The first-order valence-corrected chi connectivity index (χ1v) is 4.26. The summed E-state index contributed by atoms with van der Waals surface area (Å²) < 4.78 is 1.59. The van der Waals surface area contributed by atoms with Gasteiger partial charge in [0.2, 0.25) is 0 Å². The van der Waals surface area contributed by atoms with E-state index in [1.54, 1.807) is 30.9 Å². The normalized spacial score (nSPS) is 15.3. The zero-order valence-corrected chi connectivity index (χ0v) is 8.06. The summed E-state index contributed by atoms with van der Waals surface area (Å²) in [5, 5.41) is 17.5. The third-order valence-corrected chi connectivity index (χ3v) is 2.10. The highest BCUT2D eigenvalue weighted by Crippen LogP contribution is 2.24. The molecule has 1 N–H and O–H groups in total. The van der Waals surface area contributed by atoms with Crippen LogP contribution in [0.15, 0.2) is 18.9 Å². The molecule has 1 atom stereocenters. The molecular weight excluding hydrogens is 166 g/mol. The van der Waals surface area contributed by atoms with Crippen molar-refractivity contribution in [2.45, 2.75) is 25.4 Å². The smallest absolute Gasteiger partial charge is 0.105 e. The van der Waals surface area contributed by atoms with Crippen molar-refractivity contribution < 1.29 is 5.11 Å². The summed E-state index contributed by atoms with van der Waals surface area (Å²) in [5.41, 5.74) is -0.138. The molecule has 1 unspecified atom stereocenters. The van der Waals surface area contributed by atoms with Crippen molar-refractivity contribution in [2.75, 3.05) is 0 Å². The van der Waals surface area contributed by atoms with Crippen LogP contribution < -0.4 is 0 Å². The molecule has 1 heterocycles. The SMILES string of the molecule is C=CCCC(C)(O)c1cnnn1C. The maximum Gasteiger partial charge on any atom is 0.105 e. The molecule has 0 spiro atoms. The Morgan fingerprint density at radius 1 is 1.77 bits per heavy atom. The van der Waals surface area contributed by atoms with Crippen LogP contribution in [0.5, 0.6) is 0 Å². The largest absolute Gasteiger partial charge is 0.384 e. The van der Waals surface area contributed by atoms with Gasteiger partial charge in [-0.15, -0.1) is 11.7 Å². The fourth-order valence-corrected chi connectivity index (χ4v) is 1.29. The van der Waals surface area contributed by atoms with Crippen LogP contribution in [0.25, 0.3) is 0 Å². The van der Waals surface area contributed by atoms with E-state index in [1.807, 2.05) is 0 Å². The fraction of sp³-hybridized carbons (Fsp3) is 0.556. The summed E-state index contributed by atoms with van der Waals surface area (Å²) in [6.45, 7) is 5.38. The maximum absolute atomic E-state index is 10.0. The minimum atomic E-state index is -0.869. The zero-order chi connectivity index (χ0) is 9.90. The summed E-state index contributed by atoms with van der Waals surface area (Å²) >= 11 is 0. The van der Waals surface area contributed by atoms with Crippen molar-refractivity contribution in [3.05, 3.63) is 24.5 Å². The molecule has 72 valence electrons. The van der Waals surface area contributed by atoms with E-state index in [9.17, 15) is 5.11 Å². The Hall–Kier alpha value is -1.16. The number of hydrogen-bond acceptors (Lipinski definition) is 3. The lowest BCUT2D eigenvalue weighted by atomic mass is 9.97. The van der Waals surface area contributed by atoms with E-state index in [0.29, 0.717) is 6.42 Å². The molecule has 0 amide bonds. The monoisotopic (exact) mass is 181 g/mol. The second-order valence-corrected chi connectivity index (χ2v) is 3.34.